The first kappa shape index (κ1) is 16.5. The molecule has 0 aliphatic carbocycles. The molecule has 1 N–H and O–H groups in total. The minimum atomic E-state index is -0.348. The van der Waals surface area contributed by atoms with Crippen molar-refractivity contribution in [1.82, 2.24) is 10.2 Å². The quantitative estimate of drug-likeness (QED) is 0.404. The summed E-state index contributed by atoms with van der Waals surface area (Å²) in [5.74, 6) is 1.37. The molecule has 3 aromatic rings. The molecule has 0 saturated carbocycles. The number of furan rings is 1. The lowest BCUT2D eigenvalue weighted by molar-refractivity contribution is 0.0998. The minimum Gasteiger partial charge on any atom is -0.497 e. The van der Waals surface area contributed by atoms with Crippen LogP contribution in [0.4, 0.5) is 5.13 Å². The van der Waals surface area contributed by atoms with Gasteiger partial charge in [0.1, 0.15) is 11.3 Å². The average Bonchev–Trinajstić information content (AvgIpc) is 3.17. The van der Waals surface area contributed by atoms with Gasteiger partial charge in [0.25, 0.3) is 5.91 Å². The molecule has 1 aromatic carbocycles. The van der Waals surface area contributed by atoms with Crippen LogP contribution in [0.15, 0.2) is 39.6 Å². The first-order chi connectivity index (χ1) is 11.6. The van der Waals surface area contributed by atoms with E-state index in [0.29, 0.717) is 16.5 Å². The summed E-state index contributed by atoms with van der Waals surface area (Å²) in [7, 11) is 1.60. The zero-order valence-corrected chi connectivity index (χ0v) is 14.8. The molecule has 0 saturated heterocycles. The summed E-state index contributed by atoms with van der Waals surface area (Å²) in [5.41, 5.74) is 1.39. The topological polar surface area (TPSA) is 77.3 Å². The fourth-order valence-electron chi connectivity index (χ4n) is 2.15. The van der Waals surface area contributed by atoms with Crippen LogP contribution in [0.5, 0.6) is 5.75 Å². The van der Waals surface area contributed by atoms with Crippen molar-refractivity contribution in [3.8, 4) is 5.75 Å². The summed E-state index contributed by atoms with van der Waals surface area (Å²) in [6.07, 6.45) is 1.79. The lowest BCUT2D eigenvalue weighted by Crippen LogP contribution is -2.11. The predicted molar refractivity (Wildman–Crippen MR) is 96.3 cm³/mol. The lowest BCUT2D eigenvalue weighted by atomic mass is 10.1. The van der Waals surface area contributed by atoms with E-state index in [1.165, 1.54) is 23.1 Å². The number of nitrogens with zero attached hydrogens (tertiary/aromatic N) is 2. The van der Waals surface area contributed by atoms with Crippen molar-refractivity contribution in [2.45, 2.75) is 11.3 Å². The highest BCUT2D eigenvalue weighted by atomic mass is 32.2. The number of nitrogens with one attached hydrogen (secondary N) is 1. The first-order valence-electron chi connectivity index (χ1n) is 7.08. The Labute approximate surface area is 146 Å². The Kier molecular flexibility index (Phi) is 4.86. The Morgan fingerprint density at radius 2 is 2.33 bits per heavy atom. The van der Waals surface area contributed by atoms with E-state index in [1.54, 1.807) is 25.3 Å². The normalized spacial score (nSPS) is 10.8. The largest absolute Gasteiger partial charge is 0.497 e. The summed E-state index contributed by atoms with van der Waals surface area (Å²) >= 11 is 2.83. The number of hydrogen-bond donors (Lipinski definition) is 1. The Morgan fingerprint density at radius 1 is 1.50 bits per heavy atom. The summed E-state index contributed by atoms with van der Waals surface area (Å²) in [4.78, 5) is 12.5. The third kappa shape index (κ3) is 3.29. The molecular weight excluding hydrogens is 346 g/mol. The van der Waals surface area contributed by atoms with Crippen molar-refractivity contribution in [2.24, 2.45) is 0 Å². The fourth-order valence-corrected chi connectivity index (χ4v) is 3.65. The maximum absolute atomic E-state index is 12.5. The number of amides is 1. The molecule has 6 nitrogen and oxygen atoms in total. The van der Waals surface area contributed by atoms with Gasteiger partial charge in [0.2, 0.25) is 5.13 Å². The molecule has 24 heavy (non-hydrogen) atoms. The molecule has 0 aliphatic heterocycles. The minimum absolute atomic E-state index is 0.258. The van der Waals surface area contributed by atoms with Gasteiger partial charge in [0.15, 0.2) is 10.1 Å². The van der Waals surface area contributed by atoms with E-state index >= 15 is 0 Å². The molecular formula is C16H15N3O3S2. The van der Waals surface area contributed by atoms with Crippen LogP contribution in [0.25, 0.3) is 11.0 Å². The SMILES string of the molecule is C=CCSc1nnc(NC(=O)c2oc3ccc(OC)cc3c2C)s1. The van der Waals surface area contributed by atoms with Gasteiger partial charge >= 0.3 is 0 Å². The van der Waals surface area contributed by atoms with Crippen molar-refractivity contribution in [3.63, 3.8) is 0 Å². The summed E-state index contributed by atoms with van der Waals surface area (Å²) in [6, 6.07) is 5.42. The zero-order chi connectivity index (χ0) is 17.1. The van der Waals surface area contributed by atoms with E-state index in [2.05, 4.69) is 22.1 Å². The number of rotatable bonds is 6. The number of anilines is 1. The highest BCUT2D eigenvalue weighted by Gasteiger charge is 2.19. The summed E-state index contributed by atoms with van der Waals surface area (Å²) in [6.45, 7) is 5.50. The molecule has 0 fully saturated rings. The second-order valence-electron chi connectivity index (χ2n) is 4.85. The third-order valence-electron chi connectivity index (χ3n) is 3.30. The Hall–Kier alpha value is -2.32. The second kappa shape index (κ2) is 7.06. The molecule has 0 aliphatic rings. The van der Waals surface area contributed by atoms with Crippen molar-refractivity contribution >= 4 is 45.1 Å². The van der Waals surface area contributed by atoms with Gasteiger partial charge in [0, 0.05) is 16.7 Å². The number of hydrogen-bond acceptors (Lipinski definition) is 7. The highest BCUT2D eigenvalue weighted by molar-refractivity contribution is 8.01. The molecule has 0 radical (unpaired) electrons. The standard InChI is InChI=1S/C16H15N3O3S2/c1-4-7-23-16-19-18-15(24-16)17-14(20)13-9(2)11-8-10(21-3)5-6-12(11)22-13/h4-6,8H,1,7H2,2-3H3,(H,17,18,20). The van der Waals surface area contributed by atoms with Crippen molar-refractivity contribution in [3.05, 3.63) is 42.2 Å². The number of ether oxygens (including phenoxy) is 1. The Bertz CT molecular complexity index is 901. The molecule has 3 rings (SSSR count). The molecule has 0 atom stereocenters. The third-order valence-corrected chi connectivity index (χ3v) is 5.27. The van der Waals surface area contributed by atoms with E-state index in [9.17, 15) is 4.79 Å². The monoisotopic (exact) mass is 361 g/mol. The van der Waals surface area contributed by atoms with Crippen LogP contribution < -0.4 is 10.1 Å². The van der Waals surface area contributed by atoms with Gasteiger partial charge < -0.3 is 9.15 Å². The van der Waals surface area contributed by atoms with Crippen molar-refractivity contribution in [1.29, 1.82) is 0 Å². The van der Waals surface area contributed by atoms with Crippen LogP contribution in [-0.2, 0) is 0 Å². The predicted octanol–water partition coefficient (Wildman–Crippen LogP) is 4.13. The molecule has 8 heteroatoms. The number of methoxy groups -OCH3 is 1. The molecule has 0 bridgehead atoms. The number of thioether (sulfide) groups is 1. The van der Waals surface area contributed by atoms with Gasteiger partial charge in [0.05, 0.1) is 7.11 Å². The summed E-state index contributed by atoms with van der Waals surface area (Å²) < 4.78 is 11.7. The van der Waals surface area contributed by atoms with E-state index in [1.807, 2.05) is 13.0 Å². The summed E-state index contributed by atoms with van der Waals surface area (Å²) in [5, 5.41) is 12.0. The Balaban J connectivity index is 1.82. The van der Waals surface area contributed by atoms with E-state index in [0.717, 1.165) is 21.0 Å². The molecule has 2 aromatic heterocycles. The number of aryl methyl sites for hydroxylation is 1. The maximum Gasteiger partial charge on any atom is 0.293 e. The highest BCUT2D eigenvalue weighted by Crippen LogP contribution is 2.30. The Morgan fingerprint density at radius 3 is 3.08 bits per heavy atom. The molecule has 0 spiro atoms. The van der Waals surface area contributed by atoms with Crippen LogP contribution in [0.3, 0.4) is 0 Å². The number of aromatic nitrogens is 2. The van der Waals surface area contributed by atoms with E-state index < -0.39 is 0 Å². The smallest absolute Gasteiger partial charge is 0.293 e. The van der Waals surface area contributed by atoms with Gasteiger partial charge in [-0.2, -0.15) is 0 Å². The van der Waals surface area contributed by atoms with E-state index in [-0.39, 0.29) is 11.7 Å². The van der Waals surface area contributed by atoms with E-state index in [4.69, 9.17) is 9.15 Å². The number of carbonyl (C=O) groups is 1. The van der Waals surface area contributed by atoms with Crippen LogP contribution in [0.1, 0.15) is 16.1 Å². The molecule has 1 amide bonds. The zero-order valence-electron chi connectivity index (χ0n) is 13.2. The second-order valence-corrected chi connectivity index (χ2v) is 7.09. The fraction of sp³-hybridized carbons (Fsp3) is 0.188. The van der Waals surface area contributed by atoms with Gasteiger partial charge in [-0.05, 0) is 25.1 Å². The molecule has 2 heterocycles. The lowest BCUT2D eigenvalue weighted by Gasteiger charge is -1.98. The van der Waals surface area contributed by atoms with Gasteiger partial charge in [-0.25, -0.2) is 0 Å². The molecule has 0 unspecified atom stereocenters. The average molecular weight is 361 g/mol. The van der Waals surface area contributed by atoms with Crippen LogP contribution in [0, 0.1) is 6.92 Å². The first-order valence-corrected chi connectivity index (χ1v) is 8.88. The van der Waals surface area contributed by atoms with Gasteiger partial charge in [-0.15, -0.1) is 16.8 Å². The van der Waals surface area contributed by atoms with Gasteiger partial charge in [-0.1, -0.05) is 29.2 Å². The number of benzene rings is 1. The number of carbonyl (C=O) groups excluding carboxylic acids is 1. The van der Waals surface area contributed by atoms with Crippen LogP contribution >= 0.6 is 23.1 Å². The number of fused-ring (bicyclic) bond motifs is 1. The van der Waals surface area contributed by atoms with Crippen LogP contribution in [0.2, 0.25) is 0 Å². The van der Waals surface area contributed by atoms with Gasteiger partial charge in [-0.3, -0.25) is 10.1 Å². The van der Waals surface area contributed by atoms with Crippen molar-refractivity contribution in [2.75, 3.05) is 18.2 Å². The van der Waals surface area contributed by atoms with Crippen LogP contribution in [-0.4, -0.2) is 29.0 Å². The molecule has 124 valence electrons. The van der Waals surface area contributed by atoms with Crippen molar-refractivity contribution < 1.29 is 13.9 Å². The maximum atomic E-state index is 12.5.